The van der Waals surface area contributed by atoms with Crippen molar-refractivity contribution in [1.82, 2.24) is 5.32 Å². The molecule has 1 heterocycles. The summed E-state index contributed by atoms with van der Waals surface area (Å²) in [6.07, 6.45) is 5.91. The lowest BCUT2D eigenvalue weighted by Crippen LogP contribution is -2.44. The zero-order chi connectivity index (χ0) is 17.1. The van der Waals surface area contributed by atoms with Crippen molar-refractivity contribution in [2.45, 2.75) is 58.4 Å². The predicted octanol–water partition coefficient (Wildman–Crippen LogP) is 3.30. The summed E-state index contributed by atoms with van der Waals surface area (Å²) in [6, 6.07) is 8.27. The van der Waals surface area contributed by atoms with Crippen LogP contribution in [0, 0.1) is 11.8 Å². The fourth-order valence-corrected chi connectivity index (χ4v) is 4.02. The van der Waals surface area contributed by atoms with Crippen molar-refractivity contribution >= 4 is 17.5 Å². The molecule has 4 nitrogen and oxygen atoms in total. The summed E-state index contributed by atoms with van der Waals surface area (Å²) in [4.78, 5) is 26.9. The minimum atomic E-state index is -0.225. The Balaban J connectivity index is 1.67. The highest BCUT2D eigenvalue weighted by Gasteiger charge is 2.37. The molecule has 4 heteroatoms. The average molecular weight is 328 g/mol. The number of aryl methyl sites for hydroxylation is 1. The van der Waals surface area contributed by atoms with Gasteiger partial charge in [-0.05, 0) is 36.8 Å². The number of carbonyl (C=O) groups excluding carboxylic acids is 2. The summed E-state index contributed by atoms with van der Waals surface area (Å²) in [5, 5.41) is 3.21. The van der Waals surface area contributed by atoms with Crippen LogP contribution in [0.1, 0.15) is 51.5 Å². The Bertz CT molecular complexity index is 613. The third-order valence-corrected chi connectivity index (χ3v) is 5.60. The van der Waals surface area contributed by atoms with E-state index in [1.165, 1.54) is 19.3 Å². The van der Waals surface area contributed by atoms with Crippen molar-refractivity contribution in [2.24, 2.45) is 11.8 Å². The first-order valence-electron chi connectivity index (χ1n) is 9.28. The topological polar surface area (TPSA) is 49.4 Å². The van der Waals surface area contributed by atoms with Gasteiger partial charge in [0.25, 0.3) is 0 Å². The molecule has 0 aromatic heterocycles. The number of amides is 2. The van der Waals surface area contributed by atoms with Crippen molar-refractivity contribution in [3.8, 4) is 0 Å². The highest BCUT2D eigenvalue weighted by atomic mass is 16.2. The van der Waals surface area contributed by atoms with E-state index in [-0.39, 0.29) is 23.8 Å². The first kappa shape index (κ1) is 17.0. The van der Waals surface area contributed by atoms with E-state index in [4.69, 9.17) is 0 Å². The van der Waals surface area contributed by atoms with Gasteiger partial charge in [-0.2, -0.15) is 0 Å². The molecule has 2 fully saturated rings. The predicted molar refractivity (Wildman–Crippen MR) is 95.8 cm³/mol. The summed E-state index contributed by atoms with van der Waals surface area (Å²) in [6.45, 7) is 4.81. The maximum absolute atomic E-state index is 12.6. The average Bonchev–Trinajstić information content (AvgIpc) is 2.98. The van der Waals surface area contributed by atoms with E-state index in [0.717, 1.165) is 24.1 Å². The van der Waals surface area contributed by atoms with E-state index >= 15 is 0 Å². The second-order valence-electron chi connectivity index (χ2n) is 7.26. The van der Waals surface area contributed by atoms with Crippen molar-refractivity contribution in [1.29, 1.82) is 0 Å². The smallest absolute Gasteiger partial charge is 0.227 e. The standard InChI is InChI=1S/C20H28N2O2/c1-3-15-9-5-7-11-18(15)22-13-16(12-19(22)23)20(24)21-17-10-6-4-8-14(17)2/h5,7,9,11,14,16-17H,3-4,6,8,10,12-13H2,1-2H3,(H,21,24)/t14-,16-,17+/m1/s1. The van der Waals surface area contributed by atoms with Crippen LogP contribution in [0.3, 0.4) is 0 Å². The van der Waals surface area contributed by atoms with Gasteiger partial charge in [0.1, 0.15) is 0 Å². The molecule has 24 heavy (non-hydrogen) atoms. The van der Waals surface area contributed by atoms with Crippen LogP contribution in [-0.4, -0.2) is 24.4 Å². The van der Waals surface area contributed by atoms with Crippen molar-refractivity contribution < 1.29 is 9.59 Å². The van der Waals surface area contributed by atoms with E-state index in [2.05, 4.69) is 25.2 Å². The van der Waals surface area contributed by atoms with E-state index in [1.54, 1.807) is 4.90 Å². The lowest BCUT2D eigenvalue weighted by Gasteiger charge is -2.30. The largest absolute Gasteiger partial charge is 0.353 e. The van der Waals surface area contributed by atoms with Gasteiger partial charge in [-0.25, -0.2) is 0 Å². The molecule has 1 aromatic carbocycles. The Hall–Kier alpha value is -1.84. The lowest BCUT2D eigenvalue weighted by molar-refractivity contribution is -0.127. The molecule has 2 amide bonds. The Morgan fingerprint density at radius 2 is 2.00 bits per heavy atom. The maximum atomic E-state index is 12.6. The summed E-state index contributed by atoms with van der Waals surface area (Å²) >= 11 is 0. The highest BCUT2D eigenvalue weighted by Crippen LogP contribution is 2.29. The van der Waals surface area contributed by atoms with E-state index in [9.17, 15) is 9.59 Å². The van der Waals surface area contributed by atoms with Gasteiger partial charge in [0.05, 0.1) is 5.92 Å². The van der Waals surface area contributed by atoms with Crippen LogP contribution in [0.2, 0.25) is 0 Å². The fraction of sp³-hybridized carbons (Fsp3) is 0.600. The third-order valence-electron chi connectivity index (χ3n) is 5.60. The molecule has 1 aliphatic carbocycles. The number of nitrogens with one attached hydrogen (secondary N) is 1. The molecule has 0 unspecified atom stereocenters. The van der Waals surface area contributed by atoms with Crippen molar-refractivity contribution in [3.05, 3.63) is 29.8 Å². The van der Waals surface area contributed by atoms with E-state index in [0.29, 0.717) is 18.9 Å². The zero-order valence-electron chi connectivity index (χ0n) is 14.8. The highest BCUT2D eigenvalue weighted by molar-refractivity contribution is 6.00. The van der Waals surface area contributed by atoms with Gasteiger partial charge in [-0.15, -0.1) is 0 Å². The third kappa shape index (κ3) is 3.47. The molecule has 1 aliphatic heterocycles. The Labute approximate surface area is 144 Å². The lowest BCUT2D eigenvalue weighted by atomic mass is 9.85. The SMILES string of the molecule is CCc1ccccc1N1C[C@H](C(=O)N[C@H]2CCCC[C@H]2C)CC1=O. The van der Waals surface area contributed by atoms with Crippen LogP contribution in [0.25, 0.3) is 0 Å². The van der Waals surface area contributed by atoms with Gasteiger partial charge in [-0.1, -0.05) is 44.9 Å². The summed E-state index contributed by atoms with van der Waals surface area (Å²) in [7, 11) is 0. The van der Waals surface area contributed by atoms with Crippen LogP contribution in [0.15, 0.2) is 24.3 Å². The molecular formula is C20H28N2O2. The molecule has 0 radical (unpaired) electrons. The minimum Gasteiger partial charge on any atom is -0.353 e. The fourth-order valence-electron chi connectivity index (χ4n) is 4.02. The van der Waals surface area contributed by atoms with E-state index < -0.39 is 0 Å². The number of carbonyl (C=O) groups is 2. The number of rotatable bonds is 4. The number of benzene rings is 1. The van der Waals surface area contributed by atoms with Crippen LogP contribution in [-0.2, 0) is 16.0 Å². The molecule has 130 valence electrons. The first-order valence-corrected chi connectivity index (χ1v) is 9.28. The molecule has 0 bridgehead atoms. The van der Waals surface area contributed by atoms with Crippen molar-refractivity contribution in [2.75, 3.05) is 11.4 Å². The molecule has 3 atom stereocenters. The monoisotopic (exact) mass is 328 g/mol. The van der Waals surface area contributed by atoms with Crippen molar-refractivity contribution in [3.63, 3.8) is 0 Å². The van der Waals surface area contributed by atoms with Gasteiger partial charge in [0.2, 0.25) is 11.8 Å². The molecule has 2 aliphatic rings. The molecule has 3 rings (SSSR count). The van der Waals surface area contributed by atoms with Gasteiger partial charge < -0.3 is 10.2 Å². The van der Waals surface area contributed by atoms with Crippen LogP contribution < -0.4 is 10.2 Å². The molecule has 1 N–H and O–H groups in total. The number of nitrogens with zero attached hydrogens (tertiary/aromatic N) is 1. The minimum absolute atomic E-state index is 0.0542. The first-order chi connectivity index (χ1) is 11.6. The second kappa shape index (κ2) is 7.37. The quantitative estimate of drug-likeness (QED) is 0.922. The molecule has 0 spiro atoms. The normalized spacial score (nSPS) is 27.3. The second-order valence-corrected chi connectivity index (χ2v) is 7.26. The van der Waals surface area contributed by atoms with Gasteiger partial charge >= 0.3 is 0 Å². The zero-order valence-corrected chi connectivity index (χ0v) is 14.8. The number of anilines is 1. The van der Waals surface area contributed by atoms with Crippen LogP contribution in [0.5, 0.6) is 0 Å². The maximum Gasteiger partial charge on any atom is 0.227 e. The van der Waals surface area contributed by atoms with Gasteiger partial charge in [0, 0.05) is 24.7 Å². The van der Waals surface area contributed by atoms with Gasteiger partial charge in [-0.3, -0.25) is 9.59 Å². The number of para-hydroxylation sites is 1. The Kier molecular flexibility index (Phi) is 5.22. The molecule has 1 saturated carbocycles. The van der Waals surface area contributed by atoms with Gasteiger partial charge in [0.15, 0.2) is 0 Å². The molecule has 1 saturated heterocycles. The van der Waals surface area contributed by atoms with Crippen LogP contribution in [0.4, 0.5) is 5.69 Å². The summed E-state index contributed by atoms with van der Waals surface area (Å²) in [5.74, 6) is 0.430. The summed E-state index contributed by atoms with van der Waals surface area (Å²) < 4.78 is 0. The molecular weight excluding hydrogens is 300 g/mol. The van der Waals surface area contributed by atoms with E-state index in [1.807, 2.05) is 18.2 Å². The Morgan fingerprint density at radius 3 is 2.75 bits per heavy atom. The summed E-state index contributed by atoms with van der Waals surface area (Å²) in [5.41, 5.74) is 2.12. The Morgan fingerprint density at radius 1 is 1.25 bits per heavy atom. The number of hydrogen-bond donors (Lipinski definition) is 1. The molecule has 1 aromatic rings. The van der Waals surface area contributed by atoms with Crippen LogP contribution >= 0.6 is 0 Å². The number of hydrogen-bond acceptors (Lipinski definition) is 2.